The number of urea groups is 1. The third-order valence-corrected chi connectivity index (χ3v) is 9.67. The minimum absolute atomic E-state index is 0.0304. The lowest BCUT2D eigenvalue weighted by Crippen LogP contribution is -2.57. The average Bonchev–Trinajstić information content (AvgIpc) is 3.56. The fourth-order valence-electron chi connectivity index (χ4n) is 5.75. The molecule has 2 fully saturated rings. The average molecular weight is 683 g/mol. The lowest BCUT2D eigenvalue weighted by Gasteiger charge is -2.41. The quantitative estimate of drug-likeness (QED) is 0.264. The number of rotatable bonds is 7. The van der Waals surface area contributed by atoms with E-state index in [0.29, 0.717) is 23.0 Å². The van der Waals surface area contributed by atoms with E-state index in [2.05, 4.69) is 10.1 Å². The number of thioether (sulfide) groups is 1. The topological polar surface area (TPSA) is 94.8 Å². The number of piperazine rings is 1. The van der Waals surface area contributed by atoms with Crippen molar-refractivity contribution in [3.05, 3.63) is 123 Å². The molecular formula is C33H30ClF3N6O3S. The largest absolute Gasteiger partial charge is 0.382 e. The highest BCUT2D eigenvalue weighted by atomic mass is 35.5. The Morgan fingerprint density at radius 1 is 0.979 bits per heavy atom. The fourth-order valence-corrected chi connectivity index (χ4v) is 7.12. The van der Waals surface area contributed by atoms with Gasteiger partial charge in [0.05, 0.1) is 16.7 Å². The van der Waals surface area contributed by atoms with E-state index < -0.39 is 29.2 Å². The number of benzene rings is 3. The van der Waals surface area contributed by atoms with Gasteiger partial charge < -0.3 is 10.0 Å². The molecule has 2 saturated heterocycles. The lowest BCUT2D eigenvalue weighted by atomic mass is 9.92. The van der Waals surface area contributed by atoms with E-state index in [0.717, 1.165) is 23.3 Å². The van der Waals surface area contributed by atoms with Crippen LogP contribution < -0.4 is 0 Å². The maximum atomic E-state index is 14.9. The van der Waals surface area contributed by atoms with Crippen molar-refractivity contribution in [1.82, 2.24) is 29.5 Å². The van der Waals surface area contributed by atoms with E-state index in [-0.39, 0.29) is 49.4 Å². The van der Waals surface area contributed by atoms with Crippen LogP contribution in [0, 0.1) is 17.5 Å². The Morgan fingerprint density at radius 2 is 1.68 bits per heavy atom. The Morgan fingerprint density at radius 3 is 2.34 bits per heavy atom. The van der Waals surface area contributed by atoms with E-state index in [4.69, 9.17) is 11.6 Å². The van der Waals surface area contributed by atoms with Crippen molar-refractivity contribution in [2.75, 3.05) is 39.3 Å². The van der Waals surface area contributed by atoms with Gasteiger partial charge in [0.15, 0.2) is 0 Å². The number of carbonyl (C=O) groups is 2. The molecule has 47 heavy (non-hydrogen) atoms. The number of amides is 3. The van der Waals surface area contributed by atoms with Crippen molar-refractivity contribution in [3.8, 4) is 0 Å². The first-order chi connectivity index (χ1) is 22.6. The second-order valence-corrected chi connectivity index (χ2v) is 13.1. The molecule has 3 heterocycles. The molecular weight excluding hydrogens is 653 g/mol. The van der Waals surface area contributed by atoms with E-state index in [9.17, 15) is 27.9 Å². The molecule has 0 spiro atoms. The number of hydrogen-bond donors (Lipinski definition) is 1. The maximum Gasteiger partial charge on any atom is 0.327 e. The summed E-state index contributed by atoms with van der Waals surface area (Å²) in [4.78, 5) is 36.5. The van der Waals surface area contributed by atoms with Crippen LogP contribution in [0.5, 0.6) is 0 Å². The molecule has 3 aromatic carbocycles. The van der Waals surface area contributed by atoms with Crippen LogP contribution in [0.15, 0.2) is 84.3 Å². The van der Waals surface area contributed by atoms with Crippen LogP contribution in [0.25, 0.3) is 6.08 Å². The summed E-state index contributed by atoms with van der Waals surface area (Å²) >= 11 is 7.35. The van der Waals surface area contributed by atoms with Crippen LogP contribution in [-0.4, -0.2) is 85.8 Å². The van der Waals surface area contributed by atoms with Crippen molar-refractivity contribution in [2.24, 2.45) is 0 Å². The monoisotopic (exact) mass is 682 g/mol. The van der Waals surface area contributed by atoms with Gasteiger partial charge >= 0.3 is 6.03 Å². The van der Waals surface area contributed by atoms with E-state index >= 15 is 0 Å². The maximum absolute atomic E-state index is 14.9. The minimum atomic E-state index is -1.79. The molecule has 14 heteroatoms. The molecule has 2 unspecified atom stereocenters. The molecule has 244 valence electrons. The molecule has 0 bridgehead atoms. The Bertz CT molecular complexity index is 1770. The van der Waals surface area contributed by atoms with Gasteiger partial charge in [0.25, 0.3) is 5.91 Å². The summed E-state index contributed by atoms with van der Waals surface area (Å²) in [5.74, 6) is -2.48. The molecule has 9 nitrogen and oxygen atoms in total. The van der Waals surface area contributed by atoms with Gasteiger partial charge in [0, 0.05) is 55.9 Å². The number of nitrogens with zero attached hydrogens (tertiary/aromatic N) is 6. The second-order valence-electron chi connectivity index (χ2n) is 11.4. The normalized spacial score (nSPS) is 19.6. The van der Waals surface area contributed by atoms with Crippen LogP contribution >= 0.6 is 23.4 Å². The summed E-state index contributed by atoms with van der Waals surface area (Å²) in [5, 5.41) is 16.0. The standard InChI is InChI=1S/C33H30ClF3N6O3S/c34-24-5-1-22(2-6-24)15-29-31(44)43(17-30(47-29)23-3-7-25(35)8-4-23)32(45)41-13-11-40(12-14-41)18-33(46,19-42-21-38-20-39-42)27-10-9-26(36)16-28(27)37/h1-10,15-16,20-21,30,46H,11-14,17-19H2/b29-15-. The molecule has 0 radical (unpaired) electrons. The second kappa shape index (κ2) is 13.9. The van der Waals surface area contributed by atoms with Crippen molar-refractivity contribution < 1.29 is 27.9 Å². The Hall–Kier alpha value is -4.17. The van der Waals surface area contributed by atoms with Crippen molar-refractivity contribution in [1.29, 1.82) is 0 Å². The fraction of sp³-hybridized carbons (Fsp3) is 0.273. The Balaban J connectivity index is 1.19. The Labute approximate surface area is 278 Å². The van der Waals surface area contributed by atoms with Gasteiger partial charge in [-0.2, -0.15) is 5.10 Å². The zero-order valence-electron chi connectivity index (χ0n) is 25.0. The van der Waals surface area contributed by atoms with Gasteiger partial charge in [0.1, 0.15) is 35.7 Å². The summed E-state index contributed by atoms with van der Waals surface area (Å²) in [5.41, 5.74) is -0.368. The first-order valence-corrected chi connectivity index (χ1v) is 16.1. The summed E-state index contributed by atoms with van der Waals surface area (Å²) in [7, 11) is 0. The van der Waals surface area contributed by atoms with E-state index in [1.54, 1.807) is 47.4 Å². The zero-order chi connectivity index (χ0) is 33.1. The molecule has 4 aromatic rings. The highest BCUT2D eigenvalue weighted by molar-refractivity contribution is 8.04. The molecule has 0 saturated carbocycles. The first-order valence-electron chi connectivity index (χ1n) is 14.8. The highest BCUT2D eigenvalue weighted by Crippen LogP contribution is 2.42. The summed E-state index contributed by atoms with van der Waals surface area (Å²) in [6, 6.07) is 15.5. The van der Waals surface area contributed by atoms with Gasteiger partial charge in [-0.3, -0.25) is 14.6 Å². The van der Waals surface area contributed by atoms with Crippen molar-refractivity contribution >= 4 is 41.4 Å². The summed E-state index contributed by atoms with van der Waals surface area (Å²) in [6.07, 6.45) is 4.40. The van der Waals surface area contributed by atoms with Crippen LogP contribution in [0.2, 0.25) is 5.02 Å². The van der Waals surface area contributed by atoms with Crippen LogP contribution in [0.1, 0.15) is 21.9 Å². The van der Waals surface area contributed by atoms with Crippen molar-refractivity contribution in [3.63, 3.8) is 0 Å². The van der Waals surface area contributed by atoms with Gasteiger partial charge in [-0.15, -0.1) is 11.8 Å². The number of carbonyl (C=O) groups excluding carboxylic acids is 2. The van der Waals surface area contributed by atoms with Crippen LogP contribution in [-0.2, 0) is 16.9 Å². The molecule has 1 N–H and O–H groups in total. The predicted molar refractivity (Wildman–Crippen MR) is 172 cm³/mol. The molecule has 6 rings (SSSR count). The smallest absolute Gasteiger partial charge is 0.327 e. The zero-order valence-corrected chi connectivity index (χ0v) is 26.5. The van der Waals surface area contributed by atoms with Gasteiger partial charge in [-0.05, 0) is 47.5 Å². The molecule has 2 atom stereocenters. The van der Waals surface area contributed by atoms with Crippen LogP contribution in [0.4, 0.5) is 18.0 Å². The number of hydrogen-bond acceptors (Lipinski definition) is 7. The van der Waals surface area contributed by atoms with Gasteiger partial charge in [-0.25, -0.2) is 27.6 Å². The molecule has 3 amide bonds. The molecule has 2 aliphatic heterocycles. The SMILES string of the molecule is O=C1/C(=C/c2ccc(Cl)cc2)SC(c2ccc(F)cc2)CN1C(=O)N1CCN(CC(O)(Cn2cncn2)c2ccc(F)cc2F)CC1. The minimum Gasteiger partial charge on any atom is -0.382 e. The first kappa shape index (κ1) is 32.8. The third kappa shape index (κ3) is 7.54. The number of aromatic nitrogens is 3. The number of aliphatic hydroxyl groups is 1. The summed E-state index contributed by atoms with van der Waals surface area (Å²) in [6.45, 7) is 1.03. The number of β-amino-alcohol motifs (C(OH)–C–C–N with tert-alkyl or cyclic N) is 1. The van der Waals surface area contributed by atoms with Crippen molar-refractivity contribution in [2.45, 2.75) is 17.4 Å². The predicted octanol–water partition coefficient (Wildman–Crippen LogP) is 5.33. The van der Waals surface area contributed by atoms with Crippen LogP contribution in [0.3, 0.4) is 0 Å². The lowest BCUT2D eigenvalue weighted by molar-refractivity contribution is -0.124. The van der Waals surface area contributed by atoms with E-state index in [1.165, 1.54) is 52.2 Å². The molecule has 1 aromatic heterocycles. The van der Waals surface area contributed by atoms with Gasteiger partial charge in [-0.1, -0.05) is 41.9 Å². The van der Waals surface area contributed by atoms with E-state index in [1.807, 2.05) is 4.90 Å². The molecule has 2 aliphatic rings. The number of imide groups is 1. The van der Waals surface area contributed by atoms with Gasteiger partial charge in [0.2, 0.25) is 0 Å². The number of halogens is 4. The highest BCUT2D eigenvalue weighted by Gasteiger charge is 2.40. The summed E-state index contributed by atoms with van der Waals surface area (Å²) < 4.78 is 43.7. The third-order valence-electron chi connectivity index (χ3n) is 8.16. The molecule has 0 aliphatic carbocycles. The Kier molecular flexibility index (Phi) is 9.69.